The van der Waals surface area contributed by atoms with Crippen molar-refractivity contribution >= 4 is 17.5 Å². The molecule has 5 aliphatic carbocycles. The van der Waals surface area contributed by atoms with Gasteiger partial charge < -0.3 is 10.4 Å². The van der Waals surface area contributed by atoms with E-state index in [-0.39, 0.29) is 28.5 Å². The van der Waals surface area contributed by atoms with Crippen molar-refractivity contribution in [1.29, 1.82) is 5.26 Å². The highest BCUT2D eigenvalue weighted by Gasteiger charge is 2.71. The second kappa shape index (κ2) is 9.27. The molecule has 5 rings (SSSR count). The molecule has 230 valence electrons. The maximum absolute atomic E-state index is 14.5. The number of aliphatic hydroxyl groups is 1. The lowest BCUT2D eigenvalue weighted by Crippen LogP contribution is -2.67. The van der Waals surface area contributed by atoms with Crippen LogP contribution in [0.2, 0.25) is 0 Å². The zero-order chi connectivity index (χ0) is 31.3. The number of amides is 1. The van der Waals surface area contributed by atoms with Crippen molar-refractivity contribution in [3.63, 3.8) is 0 Å². The minimum atomic E-state index is -4.53. The number of aliphatic hydroxyl groups excluding tert-OH is 1. The van der Waals surface area contributed by atoms with Crippen molar-refractivity contribution in [3.05, 3.63) is 23.3 Å². The Morgan fingerprint density at radius 3 is 2.31 bits per heavy atom. The molecule has 3 unspecified atom stereocenters. The highest BCUT2D eigenvalue weighted by Crippen LogP contribution is 2.74. The smallest absolute Gasteiger partial charge is 0.395 e. The molecule has 0 aromatic carbocycles. The van der Waals surface area contributed by atoms with E-state index in [2.05, 4.69) is 33.0 Å². The highest BCUT2D eigenvalue weighted by atomic mass is 19.4. The molecule has 0 aromatic heterocycles. The number of nitrogens with zero attached hydrogens (tertiary/aromatic N) is 1. The number of carbonyl (C=O) groups is 3. The Kier molecular flexibility index (Phi) is 6.83. The van der Waals surface area contributed by atoms with Crippen LogP contribution in [0.25, 0.3) is 0 Å². The van der Waals surface area contributed by atoms with E-state index in [0.29, 0.717) is 44.9 Å². The molecule has 2 N–H and O–H groups in total. The molecule has 0 saturated heterocycles. The fraction of sp³-hybridized carbons (Fsp3) is 0.758. The van der Waals surface area contributed by atoms with Crippen LogP contribution in [0.4, 0.5) is 13.2 Å². The van der Waals surface area contributed by atoms with Crippen LogP contribution >= 0.6 is 0 Å². The summed E-state index contributed by atoms with van der Waals surface area (Å²) in [5, 5.41) is 22.5. The van der Waals surface area contributed by atoms with Crippen LogP contribution in [0.5, 0.6) is 0 Å². The van der Waals surface area contributed by atoms with Gasteiger partial charge in [0.1, 0.15) is 12.6 Å². The Morgan fingerprint density at radius 1 is 1.07 bits per heavy atom. The lowest BCUT2D eigenvalue weighted by molar-refractivity contribution is -0.181. The Balaban J connectivity index is 1.65. The monoisotopic (exact) mass is 588 g/mol. The third-order valence-electron chi connectivity index (χ3n) is 12.9. The number of nitriles is 1. The molecule has 0 bridgehead atoms. The molecule has 1 amide bonds. The van der Waals surface area contributed by atoms with Crippen molar-refractivity contribution in [2.45, 2.75) is 92.7 Å². The van der Waals surface area contributed by atoms with Crippen molar-refractivity contribution in [2.24, 2.45) is 50.2 Å². The SMILES string of the molecule is CC1(C)CC[C@]2(C(=O)NCC(F)(F)F)CC[C@]3(C)C(C(=O)C=C4[C@@]5(C)C=C(C#N)C(=O)[C@@](C)(CO)C5CC[C@]43C)C2C1. The van der Waals surface area contributed by atoms with E-state index in [1.165, 1.54) is 0 Å². The van der Waals surface area contributed by atoms with Crippen LogP contribution in [0.15, 0.2) is 23.3 Å². The predicted octanol–water partition coefficient (Wildman–Crippen LogP) is 5.86. The van der Waals surface area contributed by atoms with E-state index in [9.17, 15) is 37.9 Å². The first-order chi connectivity index (χ1) is 19.2. The fourth-order valence-electron chi connectivity index (χ4n) is 10.4. The van der Waals surface area contributed by atoms with E-state index >= 15 is 0 Å². The molecule has 8 atom stereocenters. The topological polar surface area (TPSA) is 107 Å². The fourth-order valence-corrected chi connectivity index (χ4v) is 10.4. The minimum absolute atomic E-state index is 0.00629. The van der Waals surface area contributed by atoms with Crippen molar-refractivity contribution in [1.82, 2.24) is 5.32 Å². The zero-order valence-corrected chi connectivity index (χ0v) is 25.5. The molecular formula is C33H43F3N2O4. The Morgan fingerprint density at radius 2 is 1.71 bits per heavy atom. The molecule has 5 aliphatic rings. The number of hydrogen-bond donors (Lipinski definition) is 2. The Hall–Kier alpha value is -2.47. The molecule has 0 spiro atoms. The molecule has 0 radical (unpaired) electrons. The number of Topliss-reactive ketones (excluding diaryl/α,β-unsaturated/α-hetero) is 1. The Labute approximate surface area is 246 Å². The van der Waals surface area contributed by atoms with Crippen LogP contribution in [-0.4, -0.2) is 41.9 Å². The van der Waals surface area contributed by atoms with Crippen LogP contribution in [0.3, 0.4) is 0 Å². The van der Waals surface area contributed by atoms with E-state index in [1.807, 2.05) is 13.0 Å². The summed E-state index contributed by atoms with van der Waals surface area (Å²) in [4.78, 5) is 41.4. The third kappa shape index (κ3) is 4.03. The van der Waals surface area contributed by atoms with Gasteiger partial charge in [0, 0.05) is 11.3 Å². The first-order valence-electron chi connectivity index (χ1n) is 15.1. The molecule has 3 saturated carbocycles. The van der Waals surface area contributed by atoms with Crippen LogP contribution in [-0.2, 0) is 14.4 Å². The maximum Gasteiger partial charge on any atom is 0.405 e. The molecule has 9 heteroatoms. The highest BCUT2D eigenvalue weighted by molar-refractivity contribution is 6.05. The van der Waals surface area contributed by atoms with Gasteiger partial charge in [-0.25, -0.2) is 0 Å². The molecule has 0 aromatic rings. The number of allylic oxidation sites excluding steroid dienone is 4. The molecular weight excluding hydrogens is 545 g/mol. The summed E-state index contributed by atoms with van der Waals surface area (Å²) >= 11 is 0. The minimum Gasteiger partial charge on any atom is -0.395 e. The lowest BCUT2D eigenvalue weighted by atomic mass is 9.34. The summed E-state index contributed by atoms with van der Waals surface area (Å²) in [6.45, 7) is 10.3. The molecule has 3 fully saturated rings. The quantitative estimate of drug-likeness (QED) is 0.430. The van der Waals surface area contributed by atoms with E-state index < -0.39 is 64.1 Å². The summed E-state index contributed by atoms with van der Waals surface area (Å²) in [5.41, 5.74) is -3.48. The number of hydrogen-bond acceptors (Lipinski definition) is 5. The van der Waals surface area contributed by atoms with Gasteiger partial charge >= 0.3 is 6.18 Å². The molecule has 6 nitrogen and oxygen atoms in total. The number of rotatable bonds is 3. The van der Waals surface area contributed by atoms with E-state index in [0.717, 1.165) is 5.57 Å². The van der Waals surface area contributed by atoms with Crippen molar-refractivity contribution in [3.8, 4) is 6.07 Å². The second-order valence-corrected chi connectivity index (χ2v) is 15.6. The largest absolute Gasteiger partial charge is 0.405 e. The van der Waals surface area contributed by atoms with Gasteiger partial charge in [-0.1, -0.05) is 46.3 Å². The van der Waals surface area contributed by atoms with Crippen LogP contribution in [0, 0.1) is 61.6 Å². The van der Waals surface area contributed by atoms with Crippen molar-refractivity contribution < 1.29 is 32.7 Å². The first kappa shape index (κ1) is 31.0. The zero-order valence-electron chi connectivity index (χ0n) is 25.5. The molecule has 0 heterocycles. The average Bonchev–Trinajstić information content (AvgIpc) is 2.90. The second-order valence-electron chi connectivity index (χ2n) is 15.6. The van der Waals surface area contributed by atoms with Gasteiger partial charge in [-0.05, 0) is 86.0 Å². The molecule has 42 heavy (non-hydrogen) atoms. The number of ketones is 2. The number of halogens is 3. The maximum atomic E-state index is 14.5. The van der Waals surface area contributed by atoms with Gasteiger partial charge in [0.15, 0.2) is 11.6 Å². The Bertz CT molecular complexity index is 1340. The van der Waals surface area contributed by atoms with E-state index in [1.54, 1.807) is 19.1 Å². The van der Waals surface area contributed by atoms with Crippen molar-refractivity contribution in [2.75, 3.05) is 13.2 Å². The van der Waals surface area contributed by atoms with Gasteiger partial charge in [-0.15, -0.1) is 0 Å². The first-order valence-corrected chi connectivity index (χ1v) is 15.1. The third-order valence-corrected chi connectivity index (χ3v) is 12.9. The summed E-state index contributed by atoms with van der Waals surface area (Å²) in [6, 6.07) is 2.04. The number of carbonyl (C=O) groups excluding carboxylic acids is 3. The number of nitrogens with one attached hydrogen (secondary N) is 1. The average molecular weight is 589 g/mol. The number of alkyl halides is 3. The van der Waals surface area contributed by atoms with Gasteiger partial charge in [-0.2, -0.15) is 18.4 Å². The summed E-state index contributed by atoms with van der Waals surface area (Å²) < 4.78 is 39.4. The van der Waals surface area contributed by atoms with Gasteiger partial charge in [0.2, 0.25) is 5.91 Å². The predicted molar refractivity (Wildman–Crippen MR) is 149 cm³/mol. The normalized spacial score (nSPS) is 44.4. The van der Waals surface area contributed by atoms with E-state index in [4.69, 9.17) is 0 Å². The van der Waals surface area contributed by atoms with Crippen LogP contribution in [0.1, 0.15) is 86.5 Å². The summed E-state index contributed by atoms with van der Waals surface area (Å²) in [5.74, 6) is -2.38. The standard InChI is InChI=1S/C33H43F3N2O4/c1-27(2)9-11-32(26(42)38-17-33(34,35)36)12-10-31(6)24(20(32)15-27)21(40)13-23-28(3)14-19(16-37)25(41)29(4,18-39)22(28)7-8-30(23,31)5/h13-14,20,22,24,39H,7-12,15,17-18H2,1-6H3,(H,38,42)/t20?,22?,24?,28-,29-,30+,31+,32-/m0/s1. The van der Waals surface area contributed by atoms with Gasteiger partial charge in [0.25, 0.3) is 0 Å². The lowest BCUT2D eigenvalue weighted by Gasteiger charge is -2.69. The molecule has 0 aliphatic heterocycles. The van der Waals surface area contributed by atoms with Gasteiger partial charge in [0.05, 0.1) is 23.0 Å². The number of fused-ring (bicyclic) bond motifs is 7. The summed E-state index contributed by atoms with van der Waals surface area (Å²) in [6.07, 6.45) is 2.70. The van der Waals surface area contributed by atoms with Crippen LogP contribution < -0.4 is 5.32 Å². The summed E-state index contributed by atoms with van der Waals surface area (Å²) in [7, 11) is 0. The van der Waals surface area contributed by atoms with Gasteiger partial charge in [-0.3, -0.25) is 14.4 Å².